The molecule has 0 saturated heterocycles. The molecule has 0 unspecified atom stereocenters. The van der Waals surface area contributed by atoms with Crippen molar-refractivity contribution in [2.45, 2.75) is 0 Å². The van der Waals surface area contributed by atoms with Crippen LogP contribution in [-0.4, -0.2) is 49.1 Å². The number of carbonyl (C=O) groups is 1. The lowest BCUT2D eigenvalue weighted by molar-refractivity contribution is -0.121. The predicted octanol–water partition coefficient (Wildman–Crippen LogP) is -5.70. The van der Waals surface area contributed by atoms with Gasteiger partial charge in [-0.15, -0.1) is 0 Å². The molecule has 0 aromatic rings. The van der Waals surface area contributed by atoms with Crippen molar-refractivity contribution in [2.24, 2.45) is 0 Å². The molecule has 0 aromatic heterocycles. The fourth-order valence-corrected chi connectivity index (χ4v) is 0.168. The van der Waals surface area contributed by atoms with Crippen molar-refractivity contribution in [3.63, 3.8) is 0 Å². The molecule has 12 heteroatoms. The molecule has 0 saturated carbocycles. The minimum atomic E-state index is -4.53. The minimum absolute atomic E-state index is 0. The molecule has 0 aliphatic rings. The second kappa shape index (κ2) is 22.5. The highest BCUT2D eigenvalue weighted by atomic mass is 31.2. The van der Waals surface area contributed by atoms with E-state index in [2.05, 4.69) is 4.52 Å². The Balaban J connectivity index is -0.0000000120. The quantitative estimate of drug-likeness (QED) is 0.347. The van der Waals surface area contributed by atoms with Crippen LogP contribution in [0.4, 0.5) is 0 Å². The maximum Gasteiger partial charge on any atom is 0.526 e. The van der Waals surface area contributed by atoms with Crippen molar-refractivity contribution in [1.29, 1.82) is 0 Å². The molecule has 0 amide bonds. The zero-order valence-corrected chi connectivity index (χ0v) is 7.04. The third-order valence-electron chi connectivity index (χ3n) is 0.180. The Morgan fingerprint density at radius 1 is 0.923 bits per heavy atom. The van der Waals surface area contributed by atoms with Gasteiger partial charge in [-0.05, 0) is 0 Å². The van der Waals surface area contributed by atoms with Gasteiger partial charge >= 0.3 is 14.3 Å². The number of rotatable bonds is 2. The third-order valence-corrected chi connectivity index (χ3v) is 0.541. The van der Waals surface area contributed by atoms with E-state index >= 15 is 0 Å². The van der Waals surface area contributed by atoms with Crippen LogP contribution in [0.5, 0.6) is 0 Å². The van der Waals surface area contributed by atoms with Crippen molar-refractivity contribution in [3.8, 4) is 0 Å². The van der Waals surface area contributed by atoms with Crippen LogP contribution in [-0.2, 0) is 13.9 Å². The van der Waals surface area contributed by atoms with Crippen molar-refractivity contribution in [2.75, 3.05) is 0 Å². The van der Waals surface area contributed by atoms with Crippen molar-refractivity contribution < 1.29 is 56.5 Å². The minimum Gasteiger partial charge on any atom is -0.412 e. The number of phosphoric ester groups is 1. The second-order valence-electron chi connectivity index (χ2n) is 0.692. The van der Waals surface area contributed by atoms with Crippen molar-refractivity contribution >= 4 is 14.3 Å². The van der Waals surface area contributed by atoms with Crippen LogP contribution < -0.4 is 0 Å². The van der Waals surface area contributed by atoms with Gasteiger partial charge in [0.15, 0.2) is 0 Å². The predicted molar refractivity (Wildman–Crippen MR) is 40.9 cm³/mol. The van der Waals surface area contributed by atoms with Gasteiger partial charge < -0.3 is 37.4 Å². The lowest BCUT2D eigenvalue weighted by atomic mass is 11.7. The van der Waals surface area contributed by atoms with Crippen LogP contribution in [0.25, 0.3) is 0 Å². The Kier molecular flexibility index (Phi) is 95.9. The third kappa shape index (κ3) is 87.6. The summed E-state index contributed by atoms with van der Waals surface area (Å²) in [5, 5.41) is 0. The van der Waals surface area contributed by atoms with E-state index in [9.17, 15) is 4.57 Å². The molecule has 11 nitrogen and oxygen atoms in total. The molecule has 13 heavy (non-hydrogen) atoms. The molecule has 0 bridgehead atoms. The van der Waals surface area contributed by atoms with Crippen LogP contribution in [0, 0.1) is 0 Å². The van der Waals surface area contributed by atoms with E-state index in [1.54, 1.807) is 0 Å². The normalized spacial score (nSPS) is 5.69. The largest absolute Gasteiger partial charge is 0.526 e. The molecule has 0 rings (SSSR count). The smallest absolute Gasteiger partial charge is 0.412 e. The lowest BCUT2D eigenvalue weighted by Crippen LogP contribution is -1.81. The summed E-state index contributed by atoms with van der Waals surface area (Å²) >= 11 is 0. The highest BCUT2D eigenvalue weighted by Crippen LogP contribution is 2.33. The zero-order chi connectivity index (χ0) is 5.91. The Morgan fingerprint density at radius 2 is 1.15 bits per heavy atom. The molecular formula is CH15O11P. The molecule has 0 aliphatic heterocycles. The Hall–Kier alpha value is -0.620. The summed E-state index contributed by atoms with van der Waals surface area (Å²) in [7, 11) is -4.53. The summed E-state index contributed by atoms with van der Waals surface area (Å²) in [5.74, 6) is 0. The number of hydrogen-bond donors (Lipinski definition) is 2. The molecule has 0 aromatic carbocycles. The summed E-state index contributed by atoms with van der Waals surface area (Å²) in [6.07, 6.45) is 0. The standard InChI is InChI=1S/CH3O5P.6H2O/c2-1-6-7(3,4)5;;;;;;/h1H,(H2,3,4,5);6*1H2. The van der Waals surface area contributed by atoms with Gasteiger partial charge in [0.05, 0.1) is 0 Å². The average Bonchev–Trinajstić information content (AvgIpc) is 1.30. The van der Waals surface area contributed by atoms with Gasteiger partial charge in [-0.25, -0.2) is 4.57 Å². The highest BCUT2D eigenvalue weighted by molar-refractivity contribution is 7.46. The molecular weight excluding hydrogens is 219 g/mol. The summed E-state index contributed by atoms with van der Waals surface area (Å²) in [6.45, 7) is -0.305. The van der Waals surface area contributed by atoms with Gasteiger partial charge in [0.2, 0.25) is 0 Å². The molecule has 0 atom stereocenters. The fourth-order valence-electron chi connectivity index (χ4n) is 0.0561. The first-order chi connectivity index (χ1) is 3.06. The SMILES string of the molecule is O.O.O.O.O.O.O=COP(=O)(O)O. The summed E-state index contributed by atoms with van der Waals surface area (Å²) in [5.41, 5.74) is 0. The summed E-state index contributed by atoms with van der Waals surface area (Å²) in [4.78, 5) is 24.5. The van der Waals surface area contributed by atoms with E-state index < -0.39 is 7.82 Å². The maximum absolute atomic E-state index is 9.47. The van der Waals surface area contributed by atoms with Gasteiger partial charge in [-0.1, -0.05) is 0 Å². The zero-order valence-electron chi connectivity index (χ0n) is 6.14. The number of hydrogen-bond acceptors (Lipinski definition) is 3. The van der Waals surface area contributed by atoms with E-state index in [0.29, 0.717) is 0 Å². The first-order valence-electron chi connectivity index (χ1n) is 1.24. The van der Waals surface area contributed by atoms with Crippen LogP contribution in [0.2, 0.25) is 0 Å². The Morgan fingerprint density at radius 3 is 1.15 bits per heavy atom. The summed E-state index contributed by atoms with van der Waals surface area (Å²) < 4.78 is 12.7. The molecule has 0 radical (unpaired) electrons. The Labute approximate surface area is 72.0 Å². The lowest BCUT2D eigenvalue weighted by Gasteiger charge is -1.93. The second-order valence-corrected chi connectivity index (χ2v) is 1.88. The monoisotopic (exact) mass is 234 g/mol. The number of phosphoric acid groups is 1. The van der Waals surface area contributed by atoms with Crippen LogP contribution in [0.3, 0.4) is 0 Å². The van der Waals surface area contributed by atoms with Gasteiger partial charge in [0.25, 0.3) is 0 Å². The average molecular weight is 234 g/mol. The molecule has 14 N–H and O–H groups in total. The fraction of sp³-hybridized carbons (Fsp3) is 0. The van der Waals surface area contributed by atoms with Gasteiger partial charge in [-0.3, -0.25) is 14.6 Å². The maximum atomic E-state index is 9.47. The molecule has 0 spiro atoms. The Bertz CT molecular complexity index is 103. The van der Waals surface area contributed by atoms with E-state index in [1.807, 2.05) is 0 Å². The van der Waals surface area contributed by atoms with Crippen LogP contribution in [0.1, 0.15) is 0 Å². The first-order valence-corrected chi connectivity index (χ1v) is 2.77. The molecule has 0 heterocycles. The molecule has 0 fully saturated rings. The van der Waals surface area contributed by atoms with Crippen LogP contribution >= 0.6 is 7.82 Å². The van der Waals surface area contributed by atoms with Crippen LogP contribution in [0.15, 0.2) is 0 Å². The molecule has 90 valence electrons. The van der Waals surface area contributed by atoms with Gasteiger partial charge in [0.1, 0.15) is 0 Å². The molecule has 0 aliphatic carbocycles. The van der Waals surface area contributed by atoms with E-state index in [0.717, 1.165) is 0 Å². The topological polar surface area (TPSA) is 273 Å². The first kappa shape index (κ1) is 55.4. The highest BCUT2D eigenvalue weighted by Gasteiger charge is 2.11. The summed E-state index contributed by atoms with van der Waals surface area (Å²) in [6, 6.07) is 0. The van der Waals surface area contributed by atoms with Gasteiger partial charge in [-0.2, -0.15) is 0 Å². The van der Waals surface area contributed by atoms with E-state index in [1.165, 1.54) is 0 Å². The van der Waals surface area contributed by atoms with E-state index in [4.69, 9.17) is 14.6 Å². The van der Waals surface area contributed by atoms with E-state index in [-0.39, 0.29) is 39.3 Å². The van der Waals surface area contributed by atoms with Crippen molar-refractivity contribution in [3.05, 3.63) is 0 Å². The number of carbonyl (C=O) groups excluding carboxylic acids is 1. The van der Waals surface area contributed by atoms with Crippen molar-refractivity contribution in [1.82, 2.24) is 0 Å². The van der Waals surface area contributed by atoms with Gasteiger partial charge in [0, 0.05) is 0 Å².